The van der Waals surface area contributed by atoms with Crippen molar-refractivity contribution in [2.24, 2.45) is 7.05 Å². The predicted octanol–water partition coefficient (Wildman–Crippen LogP) is 2.93. The third-order valence-electron chi connectivity index (χ3n) is 3.21. The van der Waals surface area contributed by atoms with E-state index in [1.54, 1.807) is 16.8 Å². The SMILES string of the molecule is Cc1nn(C)c2c1[nH]c(=S)n2Cc1ccccc1F. The summed E-state index contributed by atoms with van der Waals surface area (Å²) in [4.78, 5) is 3.13. The minimum Gasteiger partial charge on any atom is -0.328 e. The Kier molecular flexibility index (Phi) is 2.74. The molecule has 0 unspecified atom stereocenters. The van der Waals surface area contributed by atoms with Crippen LogP contribution in [0.2, 0.25) is 0 Å². The zero-order valence-corrected chi connectivity index (χ0v) is 11.5. The van der Waals surface area contributed by atoms with E-state index < -0.39 is 0 Å². The van der Waals surface area contributed by atoms with E-state index in [0.717, 1.165) is 16.9 Å². The number of fused-ring (bicyclic) bond motifs is 1. The summed E-state index contributed by atoms with van der Waals surface area (Å²) in [5.74, 6) is -0.224. The second-order valence-corrected chi connectivity index (χ2v) is 4.90. The molecule has 4 nitrogen and oxygen atoms in total. The lowest BCUT2D eigenvalue weighted by Gasteiger charge is -2.06. The molecule has 98 valence electrons. The van der Waals surface area contributed by atoms with Crippen molar-refractivity contribution in [3.8, 4) is 0 Å². The third-order valence-corrected chi connectivity index (χ3v) is 3.53. The number of halogens is 1. The molecule has 3 aromatic rings. The van der Waals surface area contributed by atoms with Gasteiger partial charge < -0.3 is 4.98 Å². The van der Waals surface area contributed by atoms with E-state index in [1.807, 2.05) is 24.6 Å². The highest BCUT2D eigenvalue weighted by molar-refractivity contribution is 7.71. The Morgan fingerprint density at radius 3 is 2.84 bits per heavy atom. The largest absolute Gasteiger partial charge is 0.328 e. The highest BCUT2D eigenvalue weighted by atomic mass is 32.1. The van der Waals surface area contributed by atoms with Crippen molar-refractivity contribution >= 4 is 23.4 Å². The smallest absolute Gasteiger partial charge is 0.179 e. The molecule has 2 heterocycles. The Hall–Kier alpha value is -1.95. The Morgan fingerprint density at radius 1 is 1.37 bits per heavy atom. The summed E-state index contributed by atoms with van der Waals surface area (Å²) >= 11 is 5.31. The van der Waals surface area contributed by atoms with Crippen LogP contribution in [0.4, 0.5) is 4.39 Å². The molecule has 0 spiro atoms. The summed E-state index contributed by atoms with van der Waals surface area (Å²) in [5, 5.41) is 4.34. The van der Waals surface area contributed by atoms with E-state index in [2.05, 4.69) is 10.1 Å². The number of aryl methyl sites for hydroxylation is 2. The molecule has 0 bridgehead atoms. The molecular weight excluding hydrogens is 263 g/mol. The number of rotatable bonds is 2. The summed E-state index contributed by atoms with van der Waals surface area (Å²) in [6.45, 7) is 2.31. The van der Waals surface area contributed by atoms with Crippen LogP contribution >= 0.6 is 12.2 Å². The first kappa shape index (κ1) is 12.1. The number of nitrogens with one attached hydrogen (secondary N) is 1. The van der Waals surface area contributed by atoms with Gasteiger partial charge in [0.2, 0.25) is 0 Å². The highest BCUT2D eigenvalue weighted by Crippen LogP contribution is 2.19. The molecule has 0 aliphatic carbocycles. The minimum absolute atomic E-state index is 0.224. The molecule has 0 radical (unpaired) electrons. The van der Waals surface area contributed by atoms with Gasteiger partial charge in [0.25, 0.3) is 0 Å². The maximum absolute atomic E-state index is 13.7. The molecular formula is C13H13FN4S. The van der Waals surface area contributed by atoms with Crippen molar-refractivity contribution in [2.45, 2.75) is 13.5 Å². The van der Waals surface area contributed by atoms with Gasteiger partial charge in [-0.1, -0.05) is 18.2 Å². The Morgan fingerprint density at radius 2 is 2.11 bits per heavy atom. The molecule has 3 rings (SSSR count). The number of hydrogen-bond donors (Lipinski definition) is 1. The molecule has 0 amide bonds. The number of benzene rings is 1. The van der Waals surface area contributed by atoms with Crippen molar-refractivity contribution in [2.75, 3.05) is 0 Å². The van der Waals surface area contributed by atoms with Gasteiger partial charge in [-0.15, -0.1) is 0 Å². The zero-order chi connectivity index (χ0) is 13.6. The van der Waals surface area contributed by atoms with Crippen LogP contribution in [0.15, 0.2) is 24.3 Å². The van der Waals surface area contributed by atoms with E-state index in [-0.39, 0.29) is 5.82 Å². The Balaban J connectivity index is 2.18. The van der Waals surface area contributed by atoms with Crippen LogP contribution in [-0.2, 0) is 13.6 Å². The number of aromatic amines is 1. The van der Waals surface area contributed by atoms with E-state index in [0.29, 0.717) is 16.9 Å². The lowest BCUT2D eigenvalue weighted by atomic mass is 10.2. The summed E-state index contributed by atoms with van der Waals surface area (Å²) < 4.78 is 17.9. The predicted molar refractivity (Wildman–Crippen MR) is 74.1 cm³/mol. The molecule has 0 fully saturated rings. The number of aromatic nitrogens is 4. The lowest BCUT2D eigenvalue weighted by molar-refractivity contribution is 0.597. The van der Waals surface area contributed by atoms with Crippen molar-refractivity contribution < 1.29 is 4.39 Å². The third kappa shape index (κ3) is 1.88. The van der Waals surface area contributed by atoms with Crippen molar-refractivity contribution in [1.29, 1.82) is 0 Å². The van der Waals surface area contributed by atoms with Crippen LogP contribution in [0.3, 0.4) is 0 Å². The molecule has 2 aromatic heterocycles. The van der Waals surface area contributed by atoms with Gasteiger partial charge in [-0.05, 0) is 25.2 Å². The zero-order valence-electron chi connectivity index (χ0n) is 10.6. The lowest BCUT2D eigenvalue weighted by Crippen LogP contribution is -2.05. The van der Waals surface area contributed by atoms with Crippen LogP contribution in [0.1, 0.15) is 11.3 Å². The highest BCUT2D eigenvalue weighted by Gasteiger charge is 2.13. The monoisotopic (exact) mass is 276 g/mol. The summed E-state index contributed by atoms with van der Waals surface area (Å²) in [6, 6.07) is 6.72. The number of hydrogen-bond acceptors (Lipinski definition) is 2. The quantitative estimate of drug-likeness (QED) is 0.731. The molecule has 1 N–H and O–H groups in total. The standard InChI is InChI=1S/C13H13FN4S/c1-8-11-12(17(2)16-8)18(13(19)15-11)7-9-5-3-4-6-10(9)14/h3-6H,7H2,1-2H3,(H,15,19). The first-order valence-corrected chi connectivity index (χ1v) is 6.34. The summed E-state index contributed by atoms with van der Waals surface area (Å²) in [6.07, 6.45) is 0. The summed E-state index contributed by atoms with van der Waals surface area (Å²) in [7, 11) is 1.86. The van der Waals surface area contributed by atoms with Gasteiger partial charge in [-0.2, -0.15) is 5.10 Å². The second kappa shape index (κ2) is 4.31. The van der Waals surface area contributed by atoms with Crippen molar-refractivity contribution in [3.63, 3.8) is 0 Å². The number of H-pyrrole nitrogens is 1. The minimum atomic E-state index is -0.224. The van der Waals surface area contributed by atoms with Gasteiger partial charge in [0.1, 0.15) is 11.3 Å². The molecule has 6 heteroatoms. The van der Waals surface area contributed by atoms with E-state index >= 15 is 0 Å². The Bertz CT molecular complexity index is 812. The second-order valence-electron chi connectivity index (χ2n) is 4.52. The average molecular weight is 276 g/mol. The van der Waals surface area contributed by atoms with Crippen LogP contribution < -0.4 is 0 Å². The first-order valence-electron chi connectivity index (χ1n) is 5.93. The van der Waals surface area contributed by atoms with Crippen LogP contribution in [0.5, 0.6) is 0 Å². The average Bonchev–Trinajstić information content (AvgIpc) is 2.82. The molecule has 0 atom stereocenters. The van der Waals surface area contributed by atoms with Crippen molar-refractivity contribution in [1.82, 2.24) is 19.3 Å². The van der Waals surface area contributed by atoms with Crippen LogP contribution in [0.25, 0.3) is 11.2 Å². The Labute approximate surface area is 114 Å². The van der Waals surface area contributed by atoms with Gasteiger partial charge >= 0.3 is 0 Å². The van der Waals surface area contributed by atoms with E-state index in [1.165, 1.54) is 6.07 Å². The van der Waals surface area contributed by atoms with Gasteiger partial charge in [0.15, 0.2) is 10.4 Å². The number of nitrogens with zero attached hydrogens (tertiary/aromatic N) is 3. The summed E-state index contributed by atoms with van der Waals surface area (Å²) in [5.41, 5.74) is 3.28. The molecule has 19 heavy (non-hydrogen) atoms. The fraction of sp³-hybridized carbons (Fsp3) is 0.231. The normalized spacial score (nSPS) is 11.3. The van der Waals surface area contributed by atoms with Crippen LogP contribution in [0, 0.1) is 17.5 Å². The molecule has 0 saturated carbocycles. The molecule has 1 aromatic carbocycles. The fourth-order valence-corrected chi connectivity index (χ4v) is 2.57. The topological polar surface area (TPSA) is 38.5 Å². The first-order chi connectivity index (χ1) is 9.08. The molecule has 0 aliphatic heterocycles. The molecule has 0 saturated heterocycles. The van der Waals surface area contributed by atoms with Crippen LogP contribution in [-0.4, -0.2) is 19.3 Å². The maximum atomic E-state index is 13.7. The number of imidazole rings is 1. The van der Waals surface area contributed by atoms with E-state index in [9.17, 15) is 4.39 Å². The van der Waals surface area contributed by atoms with E-state index in [4.69, 9.17) is 12.2 Å². The van der Waals surface area contributed by atoms with Gasteiger partial charge in [-0.25, -0.2) is 4.39 Å². The fourth-order valence-electron chi connectivity index (χ4n) is 2.32. The van der Waals surface area contributed by atoms with Gasteiger partial charge in [0.05, 0.1) is 12.2 Å². The van der Waals surface area contributed by atoms with Gasteiger partial charge in [0, 0.05) is 12.6 Å². The molecule has 0 aliphatic rings. The van der Waals surface area contributed by atoms with Gasteiger partial charge in [-0.3, -0.25) is 9.25 Å². The maximum Gasteiger partial charge on any atom is 0.179 e. The van der Waals surface area contributed by atoms with Crippen molar-refractivity contribution in [3.05, 3.63) is 46.1 Å².